The number of allylic oxidation sites excluding steroid dienone is 1. The molecule has 1 aliphatic heterocycles. The van der Waals surface area contributed by atoms with Crippen molar-refractivity contribution in [3.8, 4) is 0 Å². The molecule has 2 unspecified atom stereocenters. The van der Waals surface area contributed by atoms with Crippen molar-refractivity contribution in [3.05, 3.63) is 25.1 Å². The molecule has 0 fully saturated rings. The molecule has 1 rings (SSSR count). The zero-order chi connectivity index (χ0) is 23.5. The van der Waals surface area contributed by atoms with Crippen molar-refractivity contribution in [3.63, 3.8) is 0 Å². The summed E-state index contributed by atoms with van der Waals surface area (Å²) < 4.78 is 0.109. The van der Waals surface area contributed by atoms with Crippen molar-refractivity contribution in [2.45, 2.75) is 129 Å². The molecular weight excluding hydrogens is 398 g/mol. The van der Waals surface area contributed by atoms with Gasteiger partial charge in [-0.25, -0.2) is 9.48 Å². The van der Waals surface area contributed by atoms with E-state index >= 15 is 0 Å². The van der Waals surface area contributed by atoms with Gasteiger partial charge in [0.1, 0.15) is 18.9 Å². The number of aliphatic carboxylic acids is 1. The van der Waals surface area contributed by atoms with Crippen molar-refractivity contribution >= 4 is 11.8 Å². The molecule has 0 radical (unpaired) electrons. The number of carbonyl (C=O) groups is 1. The van der Waals surface area contributed by atoms with E-state index in [1.807, 2.05) is 13.0 Å². The molecule has 32 heavy (non-hydrogen) atoms. The SMILES string of the molecule is C=CCCCCCCCCCCCCCCCCCCC1=NC=C[N+]1(CC(=O)[O-])C(C)N. The topological polar surface area (TPSA) is 78.5 Å². The maximum absolute atomic E-state index is 11.2. The third-order valence-corrected chi connectivity index (χ3v) is 6.71. The Bertz CT molecular complexity index is 571. The normalized spacial score (nSPS) is 18.6. The van der Waals surface area contributed by atoms with Crippen LogP contribution in [-0.2, 0) is 4.79 Å². The maximum atomic E-state index is 11.2. The fourth-order valence-electron chi connectivity index (χ4n) is 4.62. The van der Waals surface area contributed by atoms with E-state index in [4.69, 9.17) is 5.73 Å². The summed E-state index contributed by atoms with van der Waals surface area (Å²) in [6, 6.07) is 0. The predicted molar refractivity (Wildman–Crippen MR) is 134 cm³/mol. The Labute approximate surface area is 197 Å². The average Bonchev–Trinajstić information content (AvgIpc) is 3.16. The predicted octanol–water partition coefficient (Wildman–Crippen LogP) is 5.95. The number of amidine groups is 1. The Morgan fingerprint density at radius 1 is 0.938 bits per heavy atom. The highest BCUT2D eigenvalue weighted by molar-refractivity contribution is 5.81. The number of carbonyl (C=O) groups excluding carboxylic acids is 1. The van der Waals surface area contributed by atoms with Crippen LogP contribution in [0.3, 0.4) is 0 Å². The van der Waals surface area contributed by atoms with Gasteiger partial charge in [-0.1, -0.05) is 96.0 Å². The van der Waals surface area contributed by atoms with Gasteiger partial charge in [0.05, 0.1) is 12.2 Å². The van der Waals surface area contributed by atoms with E-state index in [-0.39, 0.29) is 17.2 Å². The van der Waals surface area contributed by atoms with Gasteiger partial charge < -0.3 is 9.90 Å². The smallest absolute Gasteiger partial charge is 0.209 e. The number of carboxylic acid groups (broad SMARTS) is 1. The molecule has 0 aliphatic carbocycles. The minimum Gasteiger partial charge on any atom is -0.544 e. The van der Waals surface area contributed by atoms with E-state index in [0.29, 0.717) is 0 Å². The molecule has 1 heterocycles. The van der Waals surface area contributed by atoms with Crippen LogP contribution in [0.2, 0.25) is 0 Å². The van der Waals surface area contributed by atoms with Gasteiger partial charge in [-0.15, -0.1) is 6.58 Å². The summed E-state index contributed by atoms with van der Waals surface area (Å²) in [4.78, 5) is 15.6. The first kappa shape index (κ1) is 28.6. The molecule has 184 valence electrons. The Hall–Kier alpha value is -1.46. The minimum atomic E-state index is -1.09. The number of hydrogen-bond donors (Lipinski definition) is 1. The lowest BCUT2D eigenvalue weighted by Gasteiger charge is -2.36. The summed E-state index contributed by atoms with van der Waals surface area (Å²) >= 11 is 0. The number of aliphatic imine (C=N–C) groups is 1. The molecule has 5 heteroatoms. The largest absolute Gasteiger partial charge is 0.544 e. The summed E-state index contributed by atoms with van der Waals surface area (Å²) in [6.07, 6.45) is 28.5. The Balaban J connectivity index is 1.92. The molecule has 2 atom stereocenters. The standard InChI is InChI=1S/C27H49N3O2/c1-3-4-5-6-7-8-9-10-11-12-13-14-15-16-17-18-19-20-21-26-29-22-23-30(26,25(2)28)24-27(31)32/h3,22-23,25H,1,4-21,24,28H2,2H3. The van der Waals surface area contributed by atoms with Gasteiger partial charge in [-0.2, -0.15) is 0 Å². The van der Waals surface area contributed by atoms with Crippen LogP contribution in [0, 0.1) is 0 Å². The van der Waals surface area contributed by atoms with Gasteiger partial charge in [-0.05, 0) is 19.3 Å². The van der Waals surface area contributed by atoms with Crippen LogP contribution in [0.1, 0.15) is 122 Å². The second-order valence-corrected chi connectivity index (χ2v) is 9.53. The first-order valence-corrected chi connectivity index (χ1v) is 13.2. The van der Waals surface area contributed by atoms with Crippen LogP contribution in [-0.4, -0.2) is 29.0 Å². The van der Waals surface area contributed by atoms with Crippen LogP contribution in [0.25, 0.3) is 0 Å². The molecule has 0 saturated carbocycles. The van der Waals surface area contributed by atoms with Gasteiger partial charge in [0, 0.05) is 13.3 Å². The van der Waals surface area contributed by atoms with Crippen molar-refractivity contribution in [2.24, 2.45) is 10.7 Å². The first-order valence-electron chi connectivity index (χ1n) is 13.2. The fraction of sp³-hybridized carbons (Fsp3) is 0.778. The summed E-state index contributed by atoms with van der Waals surface area (Å²) in [5, 5.41) is 11.2. The lowest BCUT2D eigenvalue weighted by Crippen LogP contribution is -2.60. The van der Waals surface area contributed by atoms with E-state index in [1.165, 1.54) is 96.3 Å². The molecule has 0 amide bonds. The molecule has 5 nitrogen and oxygen atoms in total. The van der Waals surface area contributed by atoms with Crippen molar-refractivity contribution < 1.29 is 14.4 Å². The monoisotopic (exact) mass is 447 g/mol. The summed E-state index contributed by atoms with van der Waals surface area (Å²) in [7, 11) is 0. The molecule has 0 bridgehead atoms. The molecule has 0 aromatic heterocycles. The van der Waals surface area contributed by atoms with Crippen molar-refractivity contribution in [2.75, 3.05) is 6.54 Å². The van der Waals surface area contributed by atoms with E-state index in [9.17, 15) is 9.90 Å². The first-order chi connectivity index (χ1) is 15.5. The fourth-order valence-corrected chi connectivity index (χ4v) is 4.62. The van der Waals surface area contributed by atoms with Crippen LogP contribution >= 0.6 is 0 Å². The number of rotatable bonds is 22. The minimum absolute atomic E-state index is 0.109. The van der Waals surface area contributed by atoms with Crippen LogP contribution < -0.4 is 10.8 Å². The van der Waals surface area contributed by atoms with Crippen molar-refractivity contribution in [1.29, 1.82) is 0 Å². The second kappa shape index (κ2) is 18.0. The Morgan fingerprint density at radius 3 is 1.78 bits per heavy atom. The molecule has 0 aromatic rings. The lowest BCUT2D eigenvalue weighted by molar-refractivity contribution is -0.808. The van der Waals surface area contributed by atoms with Crippen molar-refractivity contribution in [1.82, 2.24) is 0 Å². The number of carboxylic acids is 1. The summed E-state index contributed by atoms with van der Waals surface area (Å²) in [5.74, 6) is -0.228. The quantitative estimate of drug-likeness (QED) is 0.126. The van der Waals surface area contributed by atoms with Gasteiger partial charge in [0.2, 0.25) is 5.84 Å². The Kier molecular flexibility index (Phi) is 16.1. The molecule has 2 N–H and O–H groups in total. The van der Waals surface area contributed by atoms with Crippen LogP contribution in [0.15, 0.2) is 30.0 Å². The van der Waals surface area contributed by atoms with Crippen LogP contribution in [0.4, 0.5) is 0 Å². The van der Waals surface area contributed by atoms with E-state index in [0.717, 1.165) is 25.1 Å². The van der Waals surface area contributed by atoms with E-state index < -0.39 is 5.97 Å². The number of hydrogen-bond acceptors (Lipinski definition) is 4. The third-order valence-electron chi connectivity index (χ3n) is 6.71. The average molecular weight is 448 g/mol. The molecule has 0 spiro atoms. The van der Waals surface area contributed by atoms with Gasteiger partial charge in [-0.3, -0.25) is 5.73 Å². The van der Waals surface area contributed by atoms with E-state index in [1.54, 1.807) is 12.4 Å². The lowest BCUT2D eigenvalue weighted by atomic mass is 10.0. The highest BCUT2D eigenvalue weighted by Gasteiger charge is 2.38. The number of quaternary nitrogens is 1. The third kappa shape index (κ3) is 12.0. The zero-order valence-electron chi connectivity index (χ0n) is 20.7. The number of unbranched alkanes of at least 4 members (excludes halogenated alkanes) is 16. The Morgan fingerprint density at radius 2 is 1.38 bits per heavy atom. The second-order valence-electron chi connectivity index (χ2n) is 9.53. The highest BCUT2D eigenvalue weighted by atomic mass is 16.4. The van der Waals surface area contributed by atoms with Gasteiger partial charge in [0.15, 0.2) is 0 Å². The highest BCUT2D eigenvalue weighted by Crippen LogP contribution is 2.23. The molecule has 1 aliphatic rings. The number of nitrogens with two attached hydrogens (primary N) is 1. The van der Waals surface area contributed by atoms with Gasteiger partial charge in [0.25, 0.3) is 0 Å². The molecular formula is C27H49N3O2. The maximum Gasteiger partial charge on any atom is 0.209 e. The molecule has 0 saturated heterocycles. The van der Waals surface area contributed by atoms with E-state index in [2.05, 4.69) is 11.6 Å². The zero-order valence-corrected chi connectivity index (χ0v) is 20.7. The number of nitrogens with zero attached hydrogens (tertiary/aromatic N) is 2. The van der Waals surface area contributed by atoms with Crippen LogP contribution in [0.5, 0.6) is 0 Å². The summed E-state index contributed by atoms with van der Waals surface area (Å²) in [5.41, 5.74) is 6.09. The summed E-state index contributed by atoms with van der Waals surface area (Å²) in [6.45, 7) is 5.47. The molecule has 0 aromatic carbocycles. The van der Waals surface area contributed by atoms with Gasteiger partial charge >= 0.3 is 0 Å².